The highest BCUT2D eigenvalue weighted by atomic mass is 16.6. The van der Waals surface area contributed by atoms with E-state index in [9.17, 15) is 19.7 Å². The standard InChI is InChI=1S/C21H18N2O5/c1-13-11-17(8-10-19(13)23(26)27)21(25)28-14(2)20(24)22-18-9-7-15-5-3-4-6-16(15)12-18/h3-12,14H,1-2H3,(H,22,24)/t14-/m1/s1. The summed E-state index contributed by atoms with van der Waals surface area (Å²) in [7, 11) is 0. The van der Waals surface area contributed by atoms with Gasteiger partial charge in [-0.1, -0.05) is 30.3 Å². The van der Waals surface area contributed by atoms with Crippen molar-refractivity contribution in [3.8, 4) is 0 Å². The fourth-order valence-corrected chi connectivity index (χ4v) is 2.78. The molecule has 7 nitrogen and oxygen atoms in total. The number of ether oxygens (including phenoxy) is 1. The van der Waals surface area contributed by atoms with Gasteiger partial charge >= 0.3 is 5.97 Å². The predicted molar refractivity (Wildman–Crippen MR) is 105 cm³/mol. The van der Waals surface area contributed by atoms with E-state index in [1.165, 1.54) is 32.0 Å². The summed E-state index contributed by atoms with van der Waals surface area (Å²) in [5.41, 5.74) is 0.998. The van der Waals surface area contributed by atoms with Gasteiger partial charge in [0, 0.05) is 17.3 Å². The van der Waals surface area contributed by atoms with E-state index in [2.05, 4.69) is 5.32 Å². The van der Waals surface area contributed by atoms with Gasteiger partial charge in [-0.25, -0.2) is 4.79 Å². The first-order valence-electron chi connectivity index (χ1n) is 8.61. The second kappa shape index (κ2) is 7.87. The normalized spacial score (nSPS) is 11.6. The minimum atomic E-state index is -1.03. The number of hydrogen-bond donors (Lipinski definition) is 1. The Bertz CT molecular complexity index is 1080. The van der Waals surface area contributed by atoms with Gasteiger partial charge in [0.2, 0.25) is 0 Å². The summed E-state index contributed by atoms with van der Waals surface area (Å²) in [6, 6.07) is 17.2. The van der Waals surface area contributed by atoms with Crippen molar-refractivity contribution in [2.45, 2.75) is 20.0 Å². The predicted octanol–water partition coefficient (Wildman–Crippen LogP) is 4.24. The van der Waals surface area contributed by atoms with Crippen molar-refractivity contribution in [1.82, 2.24) is 0 Å². The van der Waals surface area contributed by atoms with Gasteiger partial charge in [-0.05, 0) is 48.9 Å². The van der Waals surface area contributed by atoms with E-state index >= 15 is 0 Å². The minimum Gasteiger partial charge on any atom is -0.449 e. The zero-order valence-electron chi connectivity index (χ0n) is 15.3. The lowest BCUT2D eigenvalue weighted by Gasteiger charge is -2.14. The van der Waals surface area contributed by atoms with E-state index in [1.807, 2.05) is 36.4 Å². The van der Waals surface area contributed by atoms with Crippen LogP contribution < -0.4 is 5.32 Å². The number of aryl methyl sites for hydroxylation is 1. The Morgan fingerprint density at radius 3 is 2.43 bits per heavy atom. The molecule has 1 atom stereocenters. The fourth-order valence-electron chi connectivity index (χ4n) is 2.78. The fraction of sp³-hybridized carbons (Fsp3) is 0.143. The van der Waals surface area contributed by atoms with Crippen LogP contribution in [0.4, 0.5) is 11.4 Å². The number of esters is 1. The third-order valence-electron chi connectivity index (χ3n) is 4.30. The molecular formula is C21H18N2O5. The van der Waals surface area contributed by atoms with Crippen molar-refractivity contribution in [1.29, 1.82) is 0 Å². The second-order valence-corrected chi connectivity index (χ2v) is 6.36. The Balaban J connectivity index is 1.66. The van der Waals surface area contributed by atoms with Crippen LogP contribution >= 0.6 is 0 Å². The maximum Gasteiger partial charge on any atom is 0.338 e. The highest BCUT2D eigenvalue weighted by Crippen LogP contribution is 2.21. The van der Waals surface area contributed by atoms with E-state index in [0.717, 1.165) is 10.8 Å². The van der Waals surface area contributed by atoms with Crippen molar-refractivity contribution in [3.63, 3.8) is 0 Å². The average molecular weight is 378 g/mol. The van der Waals surface area contributed by atoms with Gasteiger partial charge in [0.25, 0.3) is 11.6 Å². The molecule has 3 aromatic carbocycles. The van der Waals surface area contributed by atoms with E-state index in [0.29, 0.717) is 11.3 Å². The molecule has 142 valence electrons. The number of nitro benzene ring substituents is 1. The summed E-state index contributed by atoms with van der Waals surface area (Å²) < 4.78 is 5.19. The number of nitrogens with zero attached hydrogens (tertiary/aromatic N) is 1. The number of nitrogens with one attached hydrogen (secondary N) is 1. The molecule has 3 rings (SSSR count). The van der Waals surface area contributed by atoms with Gasteiger partial charge in [0.15, 0.2) is 6.10 Å². The number of rotatable bonds is 5. The first-order valence-corrected chi connectivity index (χ1v) is 8.61. The molecule has 0 aromatic heterocycles. The van der Waals surface area contributed by atoms with Gasteiger partial charge in [-0.15, -0.1) is 0 Å². The average Bonchev–Trinajstić information content (AvgIpc) is 2.67. The SMILES string of the molecule is Cc1cc(C(=O)O[C@H](C)C(=O)Nc2ccc3ccccc3c2)ccc1[N+](=O)[O-]. The minimum absolute atomic E-state index is 0.0846. The number of carbonyl (C=O) groups is 2. The molecule has 0 radical (unpaired) electrons. The second-order valence-electron chi connectivity index (χ2n) is 6.36. The summed E-state index contributed by atoms with van der Waals surface area (Å²) in [6.45, 7) is 3.00. The molecule has 0 bridgehead atoms. The molecule has 1 amide bonds. The number of benzene rings is 3. The van der Waals surface area contributed by atoms with Gasteiger partial charge in [-0.3, -0.25) is 14.9 Å². The quantitative estimate of drug-likeness (QED) is 0.407. The van der Waals surface area contributed by atoms with Crippen LogP contribution in [-0.2, 0) is 9.53 Å². The lowest BCUT2D eigenvalue weighted by Crippen LogP contribution is -2.30. The van der Waals surface area contributed by atoms with Crippen LogP contribution in [-0.4, -0.2) is 22.9 Å². The lowest BCUT2D eigenvalue weighted by molar-refractivity contribution is -0.385. The number of carbonyl (C=O) groups excluding carboxylic acids is 2. The van der Waals surface area contributed by atoms with Crippen molar-refractivity contribution in [3.05, 3.63) is 81.9 Å². The molecule has 0 aliphatic heterocycles. The number of amides is 1. The molecule has 0 spiro atoms. The molecule has 28 heavy (non-hydrogen) atoms. The maximum atomic E-state index is 12.3. The third-order valence-corrected chi connectivity index (χ3v) is 4.30. The highest BCUT2D eigenvalue weighted by Gasteiger charge is 2.21. The Hall–Kier alpha value is -3.74. The van der Waals surface area contributed by atoms with Crippen molar-refractivity contribution in [2.24, 2.45) is 0 Å². The van der Waals surface area contributed by atoms with Crippen molar-refractivity contribution in [2.75, 3.05) is 5.32 Å². The van der Waals surface area contributed by atoms with Crippen LogP contribution in [0.5, 0.6) is 0 Å². The molecule has 0 saturated heterocycles. The molecule has 0 heterocycles. The summed E-state index contributed by atoms with van der Waals surface area (Å²) in [5, 5.41) is 15.6. The molecule has 0 saturated carbocycles. The number of fused-ring (bicyclic) bond motifs is 1. The summed E-state index contributed by atoms with van der Waals surface area (Å²) >= 11 is 0. The maximum absolute atomic E-state index is 12.3. The van der Waals surface area contributed by atoms with Gasteiger partial charge in [-0.2, -0.15) is 0 Å². The van der Waals surface area contributed by atoms with Crippen LogP contribution in [0, 0.1) is 17.0 Å². The number of anilines is 1. The van der Waals surface area contributed by atoms with Crippen molar-refractivity contribution < 1.29 is 19.2 Å². The third kappa shape index (κ3) is 4.15. The summed E-state index contributed by atoms with van der Waals surface area (Å²) in [6.07, 6.45) is -1.03. The Morgan fingerprint density at radius 2 is 1.75 bits per heavy atom. The van der Waals surface area contributed by atoms with Crippen molar-refractivity contribution >= 4 is 34.0 Å². The van der Waals surface area contributed by atoms with E-state index < -0.39 is 22.9 Å². The van der Waals surface area contributed by atoms with E-state index in [4.69, 9.17) is 4.74 Å². The lowest BCUT2D eigenvalue weighted by atomic mass is 10.1. The van der Waals surface area contributed by atoms with Gasteiger partial charge in [0.1, 0.15) is 0 Å². The van der Waals surface area contributed by atoms with Crippen LogP contribution in [0.2, 0.25) is 0 Å². The molecule has 1 N–H and O–H groups in total. The first-order chi connectivity index (χ1) is 13.3. The Morgan fingerprint density at radius 1 is 1.04 bits per heavy atom. The Kier molecular flexibility index (Phi) is 5.35. The molecule has 0 unspecified atom stereocenters. The topological polar surface area (TPSA) is 98.5 Å². The molecule has 0 fully saturated rings. The van der Waals surface area contributed by atoms with E-state index in [-0.39, 0.29) is 11.3 Å². The van der Waals surface area contributed by atoms with Gasteiger partial charge in [0.05, 0.1) is 10.5 Å². The van der Waals surface area contributed by atoms with Crippen LogP contribution in [0.15, 0.2) is 60.7 Å². The summed E-state index contributed by atoms with van der Waals surface area (Å²) in [5.74, 6) is -1.19. The first kappa shape index (κ1) is 19.0. The van der Waals surface area contributed by atoms with Gasteiger partial charge < -0.3 is 10.1 Å². The monoisotopic (exact) mass is 378 g/mol. The molecule has 0 aliphatic rings. The summed E-state index contributed by atoms with van der Waals surface area (Å²) in [4.78, 5) is 34.9. The smallest absolute Gasteiger partial charge is 0.338 e. The number of nitro groups is 1. The molecular weight excluding hydrogens is 360 g/mol. The highest BCUT2D eigenvalue weighted by molar-refractivity contribution is 5.99. The molecule has 7 heteroatoms. The Labute approximate surface area is 161 Å². The van der Waals surface area contributed by atoms with Crippen LogP contribution in [0.25, 0.3) is 10.8 Å². The zero-order valence-corrected chi connectivity index (χ0v) is 15.3. The number of hydrogen-bond acceptors (Lipinski definition) is 5. The molecule has 3 aromatic rings. The zero-order chi connectivity index (χ0) is 20.3. The van der Waals surface area contributed by atoms with E-state index in [1.54, 1.807) is 6.07 Å². The van der Waals surface area contributed by atoms with Crippen LogP contribution in [0.1, 0.15) is 22.8 Å². The largest absolute Gasteiger partial charge is 0.449 e. The van der Waals surface area contributed by atoms with Crippen LogP contribution in [0.3, 0.4) is 0 Å². The molecule has 0 aliphatic carbocycles.